The molecule has 1 aromatic heterocycles. The van der Waals surface area contributed by atoms with Crippen LogP contribution in [0, 0.1) is 5.82 Å². The minimum Gasteiger partial charge on any atom is -0.507 e. The van der Waals surface area contributed by atoms with Gasteiger partial charge in [0.1, 0.15) is 11.6 Å². The Kier molecular flexibility index (Phi) is 6.46. The van der Waals surface area contributed by atoms with Crippen molar-refractivity contribution in [3.8, 4) is 11.5 Å². The first-order valence-electron chi connectivity index (χ1n) is 10.2. The molecule has 1 aliphatic heterocycles. The molecule has 1 unspecified atom stereocenters. The number of nitrogens with zero attached hydrogens (tertiary/aromatic N) is 1. The Labute approximate surface area is 194 Å². The molecule has 0 saturated carbocycles. The van der Waals surface area contributed by atoms with Gasteiger partial charge in [-0.15, -0.1) is 11.3 Å². The van der Waals surface area contributed by atoms with Crippen molar-refractivity contribution in [2.45, 2.75) is 12.5 Å². The molecule has 2 aromatic carbocycles. The molecule has 0 spiro atoms. The quantitative estimate of drug-likeness (QED) is 0.313. The summed E-state index contributed by atoms with van der Waals surface area (Å²) in [6.45, 7) is 0.253. The van der Waals surface area contributed by atoms with Crippen molar-refractivity contribution >= 4 is 28.8 Å². The highest BCUT2D eigenvalue weighted by molar-refractivity contribution is 7.10. The molecule has 6 nitrogen and oxygen atoms in total. The Morgan fingerprint density at radius 2 is 1.79 bits per heavy atom. The summed E-state index contributed by atoms with van der Waals surface area (Å²) in [7, 11) is 3.10. The molecule has 33 heavy (non-hydrogen) atoms. The maximum atomic E-state index is 13.3. The van der Waals surface area contributed by atoms with Crippen molar-refractivity contribution in [2.24, 2.45) is 0 Å². The number of hydrogen-bond acceptors (Lipinski definition) is 6. The van der Waals surface area contributed by atoms with Gasteiger partial charge in [-0.1, -0.05) is 12.1 Å². The van der Waals surface area contributed by atoms with Crippen LogP contribution in [0.1, 0.15) is 22.0 Å². The lowest BCUT2D eigenvalue weighted by molar-refractivity contribution is -0.139. The molecule has 1 atom stereocenters. The minimum absolute atomic E-state index is 0.00127. The summed E-state index contributed by atoms with van der Waals surface area (Å²) >= 11 is 1.39. The van der Waals surface area contributed by atoms with Gasteiger partial charge >= 0.3 is 0 Å². The van der Waals surface area contributed by atoms with Crippen LogP contribution in [0.2, 0.25) is 0 Å². The Bertz CT molecular complexity index is 1200. The summed E-state index contributed by atoms with van der Waals surface area (Å²) in [6, 6.07) is 13.6. The van der Waals surface area contributed by atoms with Crippen molar-refractivity contribution in [2.75, 3.05) is 20.8 Å². The number of carbonyl (C=O) groups is 2. The van der Waals surface area contributed by atoms with E-state index in [4.69, 9.17) is 9.47 Å². The number of aliphatic hydroxyl groups excluding tert-OH is 1. The van der Waals surface area contributed by atoms with Gasteiger partial charge in [-0.3, -0.25) is 9.59 Å². The summed E-state index contributed by atoms with van der Waals surface area (Å²) in [6.07, 6.45) is 0.464. The van der Waals surface area contributed by atoms with E-state index in [1.54, 1.807) is 20.3 Å². The number of carbonyl (C=O) groups excluding carboxylic acids is 2. The first-order chi connectivity index (χ1) is 15.9. The fraction of sp³-hybridized carbons (Fsp3) is 0.200. The van der Waals surface area contributed by atoms with Crippen molar-refractivity contribution in [1.29, 1.82) is 0 Å². The number of likely N-dealkylation sites (tertiary alicyclic amines) is 1. The zero-order valence-electron chi connectivity index (χ0n) is 18.1. The van der Waals surface area contributed by atoms with Gasteiger partial charge in [-0.2, -0.15) is 0 Å². The molecule has 1 fully saturated rings. The molecule has 1 N–H and O–H groups in total. The largest absolute Gasteiger partial charge is 0.507 e. The Balaban J connectivity index is 1.69. The third-order valence-corrected chi connectivity index (χ3v) is 6.48. The van der Waals surface area contributed by atoms with Gasteiger partial charge in [0.05, 0.1) is 25.8 Å². The number of methoxy groups -OCH3 is 2. The van der Waals surface area contributed by atoms with Crippen LogP contribution in [-0.2, 0) is 16.0 Å². The molecule has 8 heteroatoms. The lowest BCUT2D eigenvalue weighted by atomic mass is 9.99. The topological polar surface area (TPSA) is 76.1 Å². The Morgan fingerprint density at radius 3 is 2.42 bits per heavy atom. The third kappa shape index (κ3) is 4.34. The molecule has 0 radical (unpaired) electrons. The van der Waals surface area contributed by atoms with Crippen LogP contribution < -0.4 is 9.47 Å². The molecule has 0 bridgehead atoms. The number of hydrogen-bond donors (Lipinski definition) is 1. The van der Waals surface area contributed by atoms with Crippen LogP contribution in [0.4, 0.5) is 4.39 Å². The Hall–Kier alpha value is -3.65. The van der Waals surface area contributed by atoms with E-state index in [9.17, 15) is 19.1 Å². The van der Waals surface area contributed by atoms with Crippen LogP contribution in [0.15, 0.2) is 65.6 Å². The highest BCUT2D eigenvalue weighted by Gasteiger charge is 2.46. The summed E-state index contributed by atoms with van der Waals surface area (Å²) in [5.74, 6) is -1.06. The Morgan fingerprint density at radius 1 is 1.06 bits per heavy atom. The smallest absolute Gasteiger partial charge is 0.295 e. The van der Waals surface area contributed by atoms with Crippen LogP contribution in [0.3, 0.4) is 0 Å². The third-order valence-electron chi connectivity index (χ3n) is 5.56. The number of ketones is 1. The second-order valence-electron chi connectivity index (χ2n) is 7.45. The van der Waals surface area contributed by atoms with E-state index in [0.717, 1.165) is 10.4 Å². The molecule has 1 aliphatic rings. The van der Waals surface area contributed by atoms with E-state index in [1.807, 2.05) is 29.6 Å². The first-order valence-corrected chi connectivity index (χ1v) is 11.1. The van der Waals surface area contributed by atoms with Crippen LogP contribution in [0.5, 0.6) is 11.5 Å². The van der Waals surface area contributed by atoms with Crippen molar-refractivity contribution in [3.63, 3.8) is 0 Å². The SMILES string of the molecule is COc1ccc(CCN2C(=O)C(=O)C(=C(O)c3ccc(F)cc3)C2c2cccs2)cc1OC. The molecule has 170 valence electrons. The zero-order chi connectivity index (χ0) is 23.5. The van der Waals surface area contributed by atoms with Gasteiger partial charge < -0.3 is 19.5 Å². The number of ether oxygens (including phenoxy) is 2. The maximum absolute atomic E-state index is 13.3. The standard InChI is InChI=1S/C25H22FNO5S/c1-31-18-10-5-15(14-19(18)32-2)11-12-27-22(20-4-3-13-33-20)21(24(29)25(27)30)23(28)16-6-8-17(26)9-7-16/h3-10,13-14,22,28H,11-12H2,1-2H3. The number of halogens is 1. The normalized spacial score (nSPS) is 17.4. The van der Waals surface area contributed by atoms with Gasteiger partial charge in [0.15, 0.2) is 11.5 Å². The van der Waals surface area contributed by atoms with E-state index in [1.165, 1.54) is 40.5 Å². The molecule has 1 amide bonds. The molecule has 4 rings (SSSR count). The second kappa shape index (κ2) is 9.46. The summed E-state index contributed by atoms with van der Waals surface area (Å²) in [5, 5.41) is 12.8. The van der Waals surface area contributed by atoms with Crippen molar-refractivity contribution in [3.05, 3.63) is 87.4 Å². The predicted octanol–water partition coefficient (Wildman–Crippen LogP) is 4.57. The highest BCUT2D eigenvalue weighted by atomic mass is 32.1. The van der Waals surface area contributed by atoms with Crippen LogP contribution >= 0.6 is 11.3 Å². The van der Waals surface area contributed by atoms with E-state index in [-0.39, 0.29) is 23.4 Å². The predicted molar refractivity (Wildman–Crippen MR) is 123 cm³/mol. The van der Waals surface area contributed by atoms with Gasteiger partial charge in [0, 0.05) is 17.0 Å². The lowest BCUT2D eigenvalue weighted by Crippen LogP contribution is -2.31. The van der Waals surface area contributed by atoms with Gasteiger partial charge in [-0.25, -0.2) is 4.39 Å². The number of benzene rings is 2. The highest BCUT2D eigenvalue weighted by Crippen LogP contribution is 2.41. The average Bonchev–Trinajstić information content (AvgIpc) is 3.44. The van der Waals surface area contributed by atoms with E-state index in [2.05, 4.69) is 0 Å². The maximum Gasteiger partial charge on any atom is 0.295 e. The number of thiophene rings is 1. The first kappa shape index (κ1) is 22.5. The fourth-order valence-electron chi connectivity index (χ4n) is 3.90. The zero-order valence-corrected chi connectivity index (χ0v) is 18.9. The van der Waals surface area contributed by atoms with Crippen LogP contribution in [0.25, 0.3) is 5.76 Å². The van der Waals surface area contributed by atoms with E-state index < -0.39 is 23.5 Å². The van der Waals surface area contributed by atoms with E-state index >= 15 is 0 Å². The molecular weight excluding hydrogens is 445 g/mol. The second-order valence-corrected chi connectivity index (χ2v) is 8.43. The monoisotopic (exact) mass is 467 g/mol. The summed E-state index contributed by atoms with van der Waals surface area (Å²) in [4.78, 5) is 28.2. The molecular formula is C25H22FNO5S. The molecule has 1 saturated heterocycles. The molecule has 2 heterocycles. The van der Waals surface area contributed by atoms with Gasteiger partial charge in [-0.05, 0) is 59.8 Å². The number of amides is 1. The van der Waals surface area contributed by atoms with Crippen molar-refractivity contribution < 1.29 is 28.6 Å². The van der Waals surface area contributed by atoms with E-state index in [0.29, 0.717) is 17.9 Å². The average molecular weight is 468 g/mol. The fourth-order valence-corrected chi connectivity index (χ4v) is 4.75. The van der Waals surface area contributed by atoms with Crippen molar-refractivity contribution in [1.82, 2.24) is 4.90 Å². The van der Waals surface area contributed by atoms with Gasteiger partial charge in [0.25, 0.3) is 11.7 Å². The lowest BCUT2D eigenvalue weighted by Gasteiger charge is -2.24. The number of aliphatic hydroxyl groups is 1. The van der Waals surface area contributed by atoms with Crippen LogP contribution in [-0.4, -0.2) is 42.5 Å². The molecule has 3 aromatic rings. The summed E-state index contributed by atoms with van der Waals surface area (Å²) < 4.78 is 24.0. The summed E-state index contributed by atoms with van der Waals surface area (Å²) in [5.41, 5.74) is 1.18. The number of Topliss-reactive ketones (excluding diaryl/α,β-unsaturated/α-hetero) is 1. The molecule has 0 aliphatic carbocycles. The van der Waals surface area contributed by atoms with Gasteiger partial charge in [0.2, 0.25) is 0 Å². The minimum atomic E-state index is -0.762. The number of rotatable bonds is 7.